The molecule has 2 heterocycles. The lowest BCUT2D eigenvalue weighted by Crippen LogP contribution is -2.28. The second kappa shape index (κ2) is 8.78. The third-order valence-electron chi connectivity index (χ3n) is 5.36. The van der Waals surface area contributed by atoms with Gasteiger partial charge in [-0.1, -0.05) is 30.0 Å². The predicted octanol–water partition coefficient (Wildman–Crippen LogP) is 3.73. The molecule has 0 aliphatic heterocycles. The quantitative estimate of drug-likeness (QED) is 0.631. The van der Waals surface area contributed by atoms with Crippen LogP contribution in [0, 0.1) is 0 Å². The van der Waals surface area contributed by atoms with Crippen LogP contribution in [-0.4, -0.2) is 31.4 Å². The van der Waals surface area contributed by atoms with E-state index in [2.05, 4.69) is 38.7 Å². The number of benzene rings is 1. The Morgan fingerprint density at radius 1 is 1.14 bits per heavy atom. The van der Waals surface area contributed by atoms with E-state index in [1.807, 2.05) is 30.7 Å². The van der Waals surface area contributed by atoms with Gasteiger partial charge in [0.1, 0.15) is 0 Å². The van der Waals surface area contributed by atoms with Crippen molar-refractivity contribution in [2.75, 3.05) is 5.75 Å². The summed E-state index contributed by atoms with van der Waals surface area (Å²) in [5, 5.41) is 12.3. The molecule has 0 radical (unpaired) electrons. The van der Waals surface area contributed by atoms with E-state index in [4.69, 9.17) is 0 Å². The number of amides is 1. The first-order valence-corrected chi connectivity index (χ1v) is 10.9. The highest BCUT2D eigenvalue weighted by atomic mass is 32.2. The SMILES string of the molecule is C[C@@H](NC(=O)CSc1nnc(-c2ccncc2)n1C)c1ccc2c(c1)CCCC2. The van der Waals surface area contributed by atoms with Crippen molar-refractivity contribution in [2.45, 2.75) is 43.8 Å². The molecule has 1 atom stereocenters. The maximum absolute atomic E-state index is 12.5. The Morgan fingerprint density at radius 2 is 1.90 bits per heavy atom. The molecule has 2 aromatic heterocycles. The molecule has 0 saturated heterocycles. The first-order chi connectivity index (χ1) is 14.1. The van der Waals surface area contributed by atoms with Crippen LogP contribution in [0.25, 0.3) is 11.4 Å². The van der Waals surface area contributed by atoms with Crippen molar-refractivity contribution in [1.82, 2.24) is 25.1 Å². The highest BCUT2D eigenvalue weighted by molar-refractivity contribution is 7.99. The summed E-state index contributed by atoms with van der Waals surface area (Å²) >= 11 is 1.39. The van der Waals surface area contributed by atoms with Gasteiger partial charge >= 0.3 is 0 Å². The van der Waals surface area contributed by atoms with Crippen LogP contribution in [0.3, 0.4) is 0 Å². The number of nitrogens with zero attached hydrogens (tertiary/aromatic N) is 4. The Hall–Kier alpha value is -2.67. The van der Waals surface area contributed by atoms with Crippen LogP contribution < -0.4 is 5.32 Å². The van der Waals surface area contributed by atoms with Gasteiger partial charge in [-0.3, -0.25) is 9.78 Å². The van der Waals surface area contributed by atoms with E-state index in [9.17, 15) is 4.79 Å². The number of carbonyl (C=O) groups excluding carboxylic acids is 1. The zero-order chi connectivity index (χ0) is 20.2. The monoisotopic (exact) mass is 407 g/mol. The molecule has 1 aliphatic carbocycles. The second-order valence-electron chi connectivity index (χ2n) is 7.41. The van der Waals surface area contributed by atoms with Crippen LogP contribution in [0.4, 0.5) is 0 Å². The molecule has 0 spiro atoms. The van der Waals surface area contributed by atoms with E-state index in [1.54, 1.807) is 12.4 Å². The molecule has 0 unspecified atom stereocenters. The van der Waals surface area contributed by atoms with Crippen LogP contribution in [0.2, 0.25) is 0 Å². The molecule has 6 nitrogen and oxygen atoms in total. The average Bonchev–Trinajstić information content (AvgIpc) is 3.12. The number of hydrogen-bond acceptors (Lipinski definition) is 5. The molecule has 3 aromatic rings. The standard InChI is InChI=1S/C22H25N5OS/c1-15(18-8-7-16-5-3-4-6-19(16)13-18)24-20(28)14-29-22-26-25-21(27(22)2)17-9-11-23-12-10-17/h7-13,15H,3-6,14H2,1-2H3,(H,24,28)/t15-/m1/s1. The van der Waals surface area contributed by atoms with Crippen LogP contribution >= 0.6 is 11.8 Å². The molecule has 0 saturated carbocycles. The number of hydrogen-bond donors (Lipinski definition) is 1. The fourth-order valence-corrected chi connectivity index (χ4v) is 4.43. The minimum Gasteiger partial charge on any atom is -0.349 e. The highest BCUT2D eigenvalue weighted by Crippen LogP contribution is 2.25. The van der Waals surface area contributed by atoms with Crippen LogP contribution in [0.15, 0.2) is 47.9 Å². The van der Waals surface area contributed by atoms with E-state index in [-0.39, 0.29) is 11.9 Å². The molecule has 1 N–H and O–H groups in total. The number of fused-ring (bicyclic) bond motifs is 1. The number of pyridine rings is 1. The molecule has 4 rings (SSSR count). The van der Waals surface area contributed by atoms with Crippen LogP contribution in [0.5, 0.6) is 0 Å². The average molecular weight is 408 g/mol. The molecular formula is C22H25N5OS. The van der Waals surface area contributed by atoms with Crippen molar-refractivity contribution in [3.05, 3.63) is 59.4 Å². The molecule has 1 aliphatic rings. The lowest BCUT2D eigenvalue weighted by Gasteiger charge is -2.20. The smallest absolute Gasteiger partial charge is 0.230 e. The number of aromatic nitrogens is 4. The van der Waals surface area contributed by atoms with Gasteiger partial charge in [-0.15, -0.1) is 10.2 Å². The topological polar surface area (TPSA) is 72.7 Å². The summed E-state index contributed by atoms with van der Waals surface area (Å²) in [4.78, 5) is 16.5. The van der Waals surface area contributed by atoms with Crippen molar-refractivity contribution < 1.29 is 4.79 Å². The Balaban J connectivity index is 1.35. The maximum Gasteiger partial charge on any atom is 0.230 e. The zero-order valence-electron chi connectivity index (χ0n) is 16.8. The number of thioether (sulfide) groups is 1. The number of nitrogens with one attached hydrogen (secondary N) is 1. The van der Waals surface area contributed by atoms with Gasteiger partial charge in [-0.25, -0.2) is 0 Å². The third-order valence-corrected chi connectivity index (χ3v) is 6.38. The molecule has 0 bridgehead atoms. The molecular weight excluding hydrogens is 382 g/mol. The Bertz CT molecular complexity index is 1000. The molecule has 7 heteroatoms. The van der Waals surface area contributed by atoms with Crippen LogP contribution in [-0.2, 0) is 24.7 Å². The summed E-state index contributed by atoms with van der Waals surface area (Å²) in [5.74, 6) is 1.06. The van der Waals surface area contributed by atoms with E-state index in [1.165, 1.54) is 47.7 Å². The summed E-state index contributed by atoms with van der Waals surface area (Å²) in [5.41, 5.74) is 5.02. The normalized spacial score (nSPS) is 14.3. The number of carbonyl (C=O) groups is 1. The van der Waals surface area contributed by atoms with Gasteiger partial charge in [0.25, 0.3) is 0 Å². The lowest BCUT2D eigenvalue weighted by molar-refractivity contribution is -0.119. The molecule has 1 amide bonds. The van der Waals surface area contributed by atoms with Crippen LogP contribution in [0.1, 0.15) is 42.5 Å². The van der Waals surface area contributed by atoms with Gasteiger partial charge in [0, 0.05) is 25.0 Å². The van der Waals surface area contributed by atoms with Gasteiger partial charge in [-0.2, -0.15) is 0 Å². The highest BCUT2D eigenvalue weighted by Gasteiger charge is 2.16. The van der Waals surface area contributed by atoms with Crippen molar-refractivity contribution in [1.29, 1.82) is 0 Å². The molecule has 0 fully saturated rings. The van der Waals surface area contributed by atoms with Gasteiger partial charge in [-0.05, 0) is 61.4 Å². The second-order valence-corrected chi connectivity index (χ2v) is 8.36. The minimum absolute atomic E-state index is 0.00585. The van der Waals surface area contributed by atoms with Crippen molar-refractivity contribution >= 4 is 17.7 Å². The fourth-order valence-electron chi connectivity index (χ4n) is 3.71. The van der Waals surface area contributed by atoms with E-state index >= 15 is 0 Å². The predicted molar refractivity (Wildman–Crippen MR) is 115 cm³/mol. The summed E-state index contributed by atoms with van der Waals surface area (Å²) < 4.78 is 1.90. The lowest BCUT2D eigenvalue weighted by atomic mass is 9.89. The van der Waals surface area contributed by atoms with E-state index in [0.29, 0.717) is 10.9 Å². The number of rotatable bonds is 6. The summed E-state index contributed by atoms with van der Waals surface area (Å²) in [6.07, 6.45) is 8.31. The number of aryl methyl sites for hydroxylation is 2. The molecule has 29 heavy (non-hydrogen) atoms. The molecule has 150 valence electrons. The largest absolute Gasteiger partial charge is 0.349 e. The zero-order valence-corrected chi connectivity index (χ0v) is 17.6. The Morgan fingerprint density at radius 3 is 2.69 bits per heavy atom. The van der Waals surface area contributed by atoms with Gasteiger partial charge in [0.15, 0.2) is 11.0 Å². The van der Waals surface area contributed by atoms with E-state index in [0.717, 1.165) is 17.8 Å². The van der Waals surface area contributed by atoms with Crippen molar-refractivity contribution in [3.8, 4) is 11.4 Å². The van der Waals surface area contributed by atoms with Crippen molar-refractivity contribution in [2.24, 2.45) is 7.05 Å². The van der Waals surface area contributed by atoms with Gasteiger partial charge in [0.2, 0.25) is 5.91 Å². The maximum atomic E-state index is 12.5. The summed E-state index contributed by atoms with van der Waals surface area (Å²) in [6, 6.07) is 10.4. The van der Waals surface area contributed by atoms with Gasteiger partial charge in [0.05, 0.1) is 11.8 Å². The minimum atomic E-state index is -0.0118. The molecule has 1 aromatic carbocycles. The Kier molecular flexibility index (Phi) is 5.94. The third kappa shape index (κ3) is 4.50. The first-order valence-electron chi connectivity index (χ1n) is 9.95. The van der Waals surface area contributed by atoms with E-state index < -0.39 is 0 Å². The van der Waals surface area contributed by atoms with Gasteiger partial charge < -0.3 is 9.88 Å². The fraction of sp³-hybridized carbons (Fsp3) is 0.364. The Labute approximate surface area is 175 Å². The summed E-state index contributed by atoms with van der Waals surface area (Å²) in [7, 11) is 1.91. The first kappa shape index (κ1) is 19.6. The summed E-state index contributed by atoms with van der Waals surface area (Å²) in [6.45, 7) is 2.04. The van der Waals surface area contributed by atoms with Crippen molar-refractivity contribution in [3.63, 3.8) is 0 Å².